The lowest BCUT2D eigenvalue weighted by Gasteiger charge is -2.47. The Morgan fingerprint density at radius 1 is 1.14 bits per heavy atom. The van der Waals surface area contributed by atoms with Gasteiger partial charge in [-0.3, -0.25) is 9.88 Å². The van der Waals surface area contributed by atoms with Crippen LogP contribution in [0.15, 0.2) is 54.7 Å². The monoisotopic (exact) mass is 691 g/mol. The largest absolute Gasteiger partial charge is 0.493 e. The van der Waals surface area contributed by atoms with Crippen molar-refractivity contribution in [2.24, 2.45) is 11.8 Å². The number of carboxylic acids is 1. The molecule has 3 aromatic rings. The molecule has 1 saturated carbocycles. The Bertz CT molecular complexity index is 1690. The number of rotatable bonds is 10. The van der Waals surface area contributed by atoms with E-state index in [1.54, 1.807) is 12.1 Å². The van der Waals surface area contributed by atoms with Crippen molar-refractivity contribution >= 4 is 23.3 Å². The van der Waals surface area contributed by atoms with Gasteiger partial charge in [0.1, 0.15) is 11.3 Å². The lowest BCUT2D eigenvalue weighted by Crippen LogP contribution is -2.53. The minimum absolute atomic E-state index is 0.0952. The number of alkyl halides is 2. The number of fused-ring (bicyclic) bond motifs is 3. The first kappa shape index (κ1) is 34.2. The number of nitrogens with one attached hydrogen (secondary N) is 1. The Balaban J connectivity index is 1.13. The van der Waals surface area contributed by atoms with Crippen molar-refractivity contribution in [1.82, 2.24) is 9.88 Å². The molecule has 2 heterocycles. The molecule has 2 fully saturated rings. The van der Waals surface area contributed by atoms with E-state index >= 15 is 0 Å². The van der Waals surface area contributed by atoms with Gasteiger partial charge in [-0.1, -0.05) is 49.7 Å². The molecule has 4 aliphatic rings. The molecule has 1 spiro atoms. The molecule has 0 amide bonds. The first-order valence-electron chi connectivity index (χ1n) is 18.1. The molecule has 0 bridgehead atoms. The second-order valence-electron chi connectivity index (χ2n) is 15.5. The molecular formula is C40H48ClF2N3O3. The number of aliphatic carboxylic acids is 1. The van der Waals surface area contributed by atoms with E-state index in [4.69, 9.17) is 16.3 Å². The fourth-order valence-corrected chi connectivity index (χ4v) is 9.63. The third-order valence-electron chi connectivity index (χ3n) is 12.0. The summed E-state index contributed by atoms with van der Waals surface area (Å²) < 4.78 is 34.6. The van der Waals surface area contributed by atoms with Gasteiger partial charge in [-0.05, 0) is 122 Å². The number of pyridine rings is 1. The van der Waals surface area contributed by atoms with E-state index in [1.165, 1.54) is 16.7 Å². The van der Waals surface area contributed by atoms with Crippen molar-refractivity contribution in [2.45, 2.75) is 107 Å². The number of carboxylic acid groups (broad SMARTS) is 1. The third kappa shape index (κ3) is 6.92. The fourth-order valence-electron chi connectivity index (χ4n) is 9.44. The highest BCUT2D eigenvalue weighted by Gasteiger charge is 2.54. The van der Waals surface area contributed by atoms with E-state index in [2.05, 4.69) is 42.3 Å². The highest BCUT2D eigenvalue weighted by atomic mass is 35.5. The zero-order valence-corrected chi connectivity index (χ0v) is 29.4. The maximum absolute atomic E-state index is 14.0. The number of aromatic nitrogens is 1. The second-order valence-corrected chi connectivity index (χ2v) is 15.9. The summed E-state index contributed by atoms with van der Waals surface area (Å²) in [6, 6.07) is 15.8. The van der Waals surface area contributed by atoms with Crippen LogP contribution in [0.4, 0.5) is 14.5 Å². The summed E-state index contributed by atoms with van der Waals surface area (Å²) in [7, 11) is 0. The van der Waals surface area contributed by atoms with Crippen molar-refractivity contribution in [3.05, 3.63) is 87.7 Å². The summed E-state index contributed by atoms with van der Waals surface area (Å²) in [5.74, 6) is -1.49. The molecular weight excluding hydrogens is 644 g/mol. The molecule has 1 unspecified atom stereocenters. The molecule has 2 N–H and O–H groups in total. The second kappa shape index (κ2) is 13.5. The molecule has 9 heteroatoms. The quantitative estimate of drug-likeness (QED) is 0.221. The SMILES string of the molecule is C[C@@H](COc1ccnc2c1[C@H](C)CCC2)CC1Cc2ccc(CN3CCC(F)(F)C3)cc2C12CCC(Nc1cccc(Cl)c1)(C(=O)O)CC2. The Labute approximate surface area is 293 Å². The maximum Gasteiger partial charge on any atom is 0.329 e. The molecule has 1 saturated heterocycles. The number of ether oxygens (including phenoxy) is 1. The fraction of sp³-hybridized carbons (Fsp3) is 0.550. The van der Waals surface area contributed by atoms with Gasteiger partial charge in [0.15, 0.2) is 0 Å². The van der Waals surface area contributed by atoms with Gasteiger partial charge in [0.05, 0.1) is 13.2 Å². The third-order valence-corrected chi connectivity index (χ3v) is 12.2. The van der Waals surface area contributed by atoms with Crippen LogP contribution in [0.25, 0.3) is 0 Å². The summed E-state index contributed by atoms with van der Waals surface area (Å²) in [5, 5.41) is 14.5. The number of hydrogen-bond acceptors (Lipinski definition) is 5. The summed E-state index contributed by atoms with van der Waals surface area (Å²) in [5.41, 5.74) is 5.47. The normalized spacial score (nSPS) is 28.2. The number of likely N-dealkylation sites (tertiary alicyclic amines) is 1. The molecule has 3 atom stereocenters. The first-order valence-corrected chi connectivity index (χ1v) is 18.4. The predicted octanol–water partition coefficient (Wildman–Crippen LogP) is 9.04. The number of aryl methyl sites for hydroxylation is 1. The molecule has 1 aliphatic heterocycles. The van der Waals surface area contributed by atoms with Crippen LogP contribution in [0.1, 0.15) is 99.1 Å². The van der Waals surface area contributed by atoms with Crippen molar-refractivity contribution in [3.8, 4) is 5.75 Å². The number of carbonyl (C=O) groups is 1. The number of benzene rings is 2. The Kier molecular flexibility index (Phi) is 9.42. The standard InChI is InChI=1S/C40H48ClF2N3O3/c1-26(24-49-35-11-17-44-34-8-3-5-27(2)36(34)35)19-30-21-29-10-9-28(23-46-18-16-40(42,43)25-46)20-33(29)38(30)12-14-39(15-13-38,37(47)48)45-32-7-4-6-31(41)22-32/h4,6-7,9-11,17,20,22,26-27,30,45H,3,5,8,12-16,18-19,21,23-25H2,1-2H3,(H,47,48)/t26-,27-,30?,38?,39?/m1/s1. The van der Waals surface area contributed by atoms with Crippen LogP contribution in [-0.4, -0.2) is 52.1 Å². The molecule has 262 valence electrons. The molecule has 1 aromatic heterocycles. The van der Waals surface area contributed by atoms with E-state index in [1.807, 2.05) is 29.3 Å². The van der Waals surface area contributed by atoms with E-state index in [-0.39, 0.29) is 24.3 Å². The summed E-state index contributed by atoms with van der Waals surface area (Å²) >= 11 is 6.26. The van der Waals surface area contributed by atoms with Crippen LogP contribution in [0.3, 0.4) is 0 Å². The molecule has 2 aromatic carbocycles. The predicted molar refractivity (Wildman–Crippen MR) is 189 cm³/mol. The van der Waals surface area contributed by atoms with Gasteiger partial charge in [-0.25, -0.2) is 13.6 Å². The molecule has 6 nitrogen and oxygen atoms in total. The highest BCUT2D eigenvalue weighted by Crippen LogP contribution is 2.56. The zero-order chi connectivity index (χ0) is 34.4. The summed E-state index contributed by atoms with van der Waals surface area (Å²) in [6.07, 6.45) is 9.35. The Morgan fingerprint density at radius 2 is 1.96 bits per heavy atom. The van der Waals surface area contributed by atoms with Crippen LogP contribution in [0.5, 0.6) is 5.75 Å². The van der Waals surface area contributed by atoms with Crippen molar-refractivity contribution in [1.29, 1.82) is 0 Å². The number of halogens is 3. The van der Waals surface area contributed by atoms with Gasteiger partial charge >= 0.3 is 5.97 Å². The number of anilines is 1. The number of hydrogen-bond donors (Lipinski definition) is 2. The Morgan fingerprint density at radius 3 is 2.69 bits per heavy atom. The van der Waals surface area contributed by atoms with Crippen LogP contribution in [-0.2, 0) is 29.6 Å². The highest BCUT2D eigenvalue weighted by molar-refractivity contribution is 6.30. The van der Waals surface area contributed by atoms with E-state index in [9.17, 15) is 18.7 Å². The van der Waals surface area contributed by atoms with E-state index < -0.39 is 17.4 Å². The van der Waals surface area contributed by atoms with E-state index in [0.29, 0.717) is 55.1 Å². The van der Waals surface area contributed by atoms with Gasteiger partial charge in [-0.2, -0.15) is 0 Å². The van der Waals surface area contributed by atoms with Gasteiger partial charge in [0.2, 0.25) is 0 Å². The van der Waals surface area contributed by atoms with Crippen molar-refractivity contribution in [2.75, 3.05) is 25.0 Å². The van der Waals surface area contributed by atoms with Gasteiger partial charge < -0.3 is 15.2 Å². The van der Waals surface area contributed by atoms with Gasteiger partial charge in [0, 0.05) is 47.7 Å². The maximum atomic E-state index is 14.0. The van der Waals surface area contributed by atoms with Crippen LogP contribution in [0, 0.1) is 11.8 Å². The molecule has 3 aliphatic carbocycles. The first-order chi connectivity index (χ1) is 23.5. The van der Waals surface area contributed by atoms with Gasteiger partial charge in [-0.15, -0.1) is 0 Å². The van der Waals surface area contributed by atoms with Crippen LogP contribution < -0.4 is 10.1 Å². The molecule has 49 heavy (non-hydrogen) atoms. The van der Waals surface area contributed by atoms with E-state index in [0.717, 1.165) is 62.0 Å². The summed E-state index contributed by atoms with van der Waals surface area (Å²) in [4.78, 5) is 19.4. The number of nitrogens with zero attached hydrogens (tertiary/aromatic N) is 2. The smallest absolute Gasteiger partial charge is 0.329 e. The van der Waals surface area contributed by atoms with Crippen molar-refractivity contribution < 1.29 is 23.4 Å². The Hall–Kier alpha value is -3.23. The van der Waals surface area contributed by atoms with Crippen molar-refractivity contribution in [3.63, 3.8) is 0 Å². The molecule has 0 radical (unpaired) electrons. The average Bonchev–Trinajstić information content (AvgIpc) is 3.56. The minimum atomic E-state index is -2.63. The molecule has 7 rings (SSSR count). The lowest BCUT2D eigenvalue weighted by molar-refractivity contribution is -0.144. The topological polar surface area (TPSA) is 74.7 Å². The lowest BCUT2D eigenvalue weighted by atomic mass is 9.59. The zero-order valence-electron chi connectivity index (χ0n) is 28.6. The van der Waals surface area contributed by atoms with Crippen LogP contribution >= 0.6 is 11.6 Å². The van der Waals surface area contributed by atoms with Crippen LogP contribution in [0.2, 0.25) is 5.02 Å². The van der Waals surface area contributed by atoms with Gasteiger partial charge in [0.25, 0.3) is 5.92 Å². The summed E-state index contributed by atoms with van der Waals surface area (Å²) in [6.45, 7) is 5.82. The average molecular weight is 692 g/mol. The minimum Gasteiger partial charge on any atom is -0.493 e.